The number of aliphatic hydroxyl groups excluding tert-OH is 7. The van der Waals surface area contributed by atoms with Gasteiger partial charge in [-0.2, -0.15) is 0 Å². The third kappa shape index (κ3) is 12.1. The fourth-order valence-electron chi connectivity index (χ4n) is 7.16. The molecule has 16 atom stereocenters. The highest BCUT2D eigenvalue weighted by atomic mass is 35.5. The second-order valence-corrected chi connectivity index (χ2v) is 15.8. The number of primary amides is 1. The summed E-state index contributed by atoms with van der Waals surface area (Å²) in [6.07, 6.45) is 1.73. The van der Waals surface area contributed by atoms with Crippen LogP contribution in [0.3, 0.4) is 0 Å². The number of allylic oxidation sites excluding steroid dienone is 13. The first kappa shape index (κ1) is 49.4. The summed E-state index contributed by atoms with van der Waals surface area (Å²) in [5, 5.41) is 74.6. The molecule has 5 heterocycles. The molecule has 0 aromatic heterocycles. The molecule has 62 heavy (non-hydrogen) atoms. The van der Waals surface area contributed by atoms with Crippen molar-refractivity contribution in [3.63, 3.8) is 0 Å². The van der Waals surface area contributed by atoms with Gasteiger partial charge in [-0.05, 0) is 31.6 Å². The summed E-state index contributed by atoms with van der Waals surface area (Å²) < 4.78 is 38.6. The number of hydrogen-bond donors (Lipinski definition) is 8. The Morgan fingerprint density at radius 2 is 1.52 bits per heavy atom. The molecule has 0 unspecified atom stereocenters. The predicted molar refractivity (Wildman–Crippen MR) is 217 cm³/mol. The van der Waals surface area contributed by atoms with Crippen LogP contribution in [-0.2, 0) is 47.5 Å². The fourth-order valence-corrected chi connectivity index (χ4v) is 7.70. The number of alkyl halides is 1. The first-order chi connectivity index (χ1) is 29.5. The Morgan fingerprint density at radius 1 is 0.839 bits per heavy atom. The van der Waals surface area contributed by atoms with Gasteiger partial charge in [0.2, 0.25) is 5.91 Å². The van der Waals surface area contributed by atoms with Crippen molar-refractivity contribution in [1.29, 1.82) is 0 Å². The quantitative estimate of drug-likeness (QED) is 0.0324. The van der Waals surface area contributed by atoms with E-state index in [0.717, 1.165) is 17.4 Å². The van der Waals surface area contributed by atoms with Crippen LogP contribution >= 0.6 is 23.2 Å². The highest BCUT2D eigenvalue weighted by molar-refractivity contribution is 6.31. The van der Waals surface area contributed by atoms with E-state index in [1.54, 1.807) is 48.6 Å². The number of Topliss-reactive ketones (excluding diaryl/α,β-unsaturated/α-hetero) is 1. The van der Waals surface area contributed by atoms with Crippen molar-refractivity contribution >= 4 is 40.8 Å². The van der Waals surface area contributed by atoms with Crippen LogP contribution in [0.1, 0.15) is 19.8 Å². The van der Waals surface area contributed by atoms with E-state index in [-0.39, 0.29) is 17.6 Å². The third-order valence-electron chi connectivity index (χ3n) is 10.3. The van der Waals surface area contributed by atoms with Crippen LogP contribution in [-0.4, -0.2) is 176 Å². The maximum atomic E-state index is 13.9. The van der Waals surface area contributed by atoms with Gasteiger partial charge in [0.25, 0.3) is 5.91 Å². The van der Waals surface area contributed by atoms with Crippen molar-refractivity contribution in [3.05, 3.63) is 95.4 Å². The van der Waals surface area contributed by atoms with E-state index < -0.39 is 129 Å². The average Bonchev–Trinajstić information content (AvgIpc) is 3.79. The molecule has 5 aliphatic rings. The Morgan fingerprint density at radius 3 is 2.18 bits per heavy atom. The summed E-state index contributed by atoms with van der Waals surface area (Å²) in [5.74, 6) is -3.91. The SMILES string of the molecule is CO[C@@H]1[C@H](O[C@@H]2CO[C@@H](O[C@@H]3[C@@H](O)[C@H](O)CO[C@@H]3N3C(=O)/C(=C(O)/C=C/C=C/C=C/C=C/C=C(Cl)/C=C/C=C/[C@H]4O[C@H](C)C[C@@H]4Cl)C(=O)[C@@H]3CC(N)=O)[C@@H](O)[C@H]2O)O[C@H](O)[C@H]1O. The Balaban J connectivity index is 1.22. The number of nitrogens with two attached hydrogens (primary N) is 1. The zero-order chi connectivity index (χ0) is 45.2. The summed E-state index contributed by atoms with van der Waals surface area (Å²) in [6, 6.07) is -1.65. The van der Waals surface area contributed by atoms with Gasteiger partial charge < -0.3 is 74.6 Å². The third-order valence-corrected chi connectivity index (χ3v) is 11.0. The number of nitrogens with zero attached hydrogens (tertiary/aromatic N) is 1. The number of hydrogen-bond acceptors (Lipinski definition) is 17. The molecule has 5 rings (SSSR count). The van der Waals surface area contributed by atoms with E-state index >= 15 is 0 Å². The molecule has 5 saturated heterocycles. The molecule has 19 nitrogen and oxygen atoms in total. The second-order valence-electron chi connectivity index (χ2n) is 14.8. The molecule has 21 heteroatoms. The topological polar surface area (TPSA) is 287 Å². The van der Waals surface area contributed by atoms with Crippen molar-refractivity contribution in [1.82, 2.24) is 4.90 Å². The Kier molecular flexibility index (Phi) is 18.2. The summed E-state index contributed by atoms with van der Waals surface area (Å²) in [7, 11) is 1.23. The molecule has 0 bridgehead atoms. The van der Waals surface area contributed by atoms with Crippen molar-refractivity contribution in [2.45, 2.75) is 117 Å². The number of rotatable bonds is 16. The van der Waals surface area contributed by atoms with Crippen LogP contribution in [0.5, 0.6) is 0 Å². The van der Waals surface area contributed by atoms with Crippen LogP contribution in [0, 0.1) is 0 Å². The zero-order valence-corrected chi connectivity index (χ0v) is 35.1. The monoisotopic (exact) mass is 914 g/mol. The van der Waals surface area contributed by atoms with Crippen LogP contribution in [0.2, 0.25) is 0 Å². The highest BCUT2D eigenvalue weighted by Crippen LogP contribution is 2.35. The normalized spacial score (nSPS) is 39.7. The molecule has 9 N–H and O–H groups in total. The van der Waals surface area contributed by atoms with Crippen LogP contribution < -0.4 is 5.73 Å². The Bertz CT molecular complexity index is 1830. The summed E-state index contributed by atoms with van der Waals surface area (Å²) in [5.41, 5.74) is 4.69. The molecular formula is C41H52Cl2N2O17. The predicted octanol–water partition coefficient (Wildman–Crippen LogP) is -0.324. The second kappa shape index (κ2) is 22.8. The lowest BCUT2D eigenvalue weighted by atomic mass is 10.0. The van der Waals surface area contributed by atoms with E-state index in [1.165, 1.54) is 19.3 Å². The van der Waals surface area contributed by atoms with Gasteiger partial charge in [0.1, 0.15) is 66.2 Å². The van der Waals surface area contributed by atoms with Crippen molar-refractivity contribution < 1.29 is 83.3 Å². The number of methoxy groups -OCH3 is 1. The van der Waals surface area contributed by atoms with Crippen molar-refractivity contribution in [2.24, 2.45) is 5.73 Å². The fraction of sp³-hybridized carbons (Fsp3) is 0.537. The molecule has 0 aromatic rings. The number of aliphatic hydroxyl groups is 7. The van der Waals surface area contributed by atoms with Crippen LogP contribution in [0.25, 0.3) is 0 Å². The maximum Gasteiger partial charge on any atom is 0.264 e. The maximum absolute atomic E-state index is 13.9. The van der Waals surface area contributed by atoms with Gasteiger partial charge in [0.15, 0.2) is 30.9 Å². The first-order valence-corrected chi connectivity index (χ1v) is 20.4. The van der Waals surface area contributed by atoms with E-state index in [9.17, 15) is 50.1 Å². The summed E-state index contributed by atoms with van der Waals surface area (Å²) >= 11 is 12.5. The number of carbonyl (C=O) groups excluding carboxylic acids is 3. The van der Waals surface area contributed by atoms with E-state index in [0.29, 0.717) is 5.03 Å². The number of amides is 2. The molecule has 0 saturated carbocycles. The number of ether oxygens (including phenoxy) is 7. The lowest BCUT2D eigenvalue weighted by molar-refractivity contribution is -0.340. The molecule has 5 fully saturated rings. The van der Waals surface area contributed by atoms with Gasteiger partial charge in [0, 0.05) is 12.1 Å². The average molecular weight is 916 g/mol. The van der Waals surface area contributed by atoms with Crippen LogP contribution in [0.15, 0.2) is 95.4 Å². The Labute approximate surface area is 366 Å². The van der Waals surface area contributed by atoms with Crippen molar-refractivity contribution in [2.75, 3.05) is 20.3 Å². The van der Waals surface area contributed by atoms with Gasteiger partial charge in [-0.3, -0.25) is 19.3 Å². The molecular weight excluding hydrogens is 863 g/mol. The minimum absolute atomic E-state index is 0.0686. The van der Waals surface area contributed by atoms with Gasteiger partial charge in [0.05, 0.1) is 37.2 Å². The minimum atomic E-state index is -1.92. The highest BCUT2D eigenvalue weighted by Gasteiger charge is 2.56. The van der Waals surface area contributed by atoms with E-state index in [1.807, 2.05) is 19.1 Å². The molecule has 0 spiro atoms. The van der Waals surface area contributed by atoms with E-state index in [2.05, 4.69) is 0 Å². The standard InChI is InChI=1S/C41H52Cl2N2O17/c1-20-16-22(43)26(59-20)15-11-10-13-21(42)12-8-6-4-3-5-7-9-14-24(46)29-30(49)23(17-28(44)48)45(37(29)54)38-35(31(50)25(47)18-57-38)61-40-33(52)32(51)27(19-58-40)60-41-36(56-2)34(53)39(55)62-41/h3-15,20,22-23,25-27,31-36,38-41,46-47,50-53,55H,16-19H2,1-2H3,(H2,44,48)/b4-3+,7-5+,8-6+,13-10+,14-9+,15-11+,21-12-,29-24-/t20-,22+,23+,25-,26-,27-,31+,32+,33+,34+,35-,36+,38+,39+,40+,41-/m1/s1. The molecule has 342 valence electrons. The molecule has 5 aliphatic heterocycles. The summed E-state index contributed by atoms with van der Waals surface area (Å²) in [6.45, 7) is 0.904. The molecule has 0 aromatic carbocycles. The lowest BCUT2D eigenvalue weighted by Gasteiger charge is -2.46. The number of ketones is 1. The molecule has 2 amide bonds. The molecule has 0 radical (unpaired) electrons. The minimum Gasteiger partial charge on any atom is -0.507 e. The number of halogens is 2. The lowest BCUT2D eigenvalue weighted by Crippen LogP contribution is -2.65. The van der Waals surface area contributed by atoms with Crippen LogP contribution in [0.4, 0.5) is 0 Å². The Hall–Kier alpha value is -3.61. The summed E-state index contributed by atoms with van der Waals surface area (Å²) in [4.78, 5) is 40.4. The first-order valence-electron chi connectivity index (χ1n) is 19.6. The van der Waals surface area contributed by atoms with Gasteiger partial charge >= 0.3 is 0 Å². The van der Waals surface area contributed by atoms with Gasteiger partial charge in [-0.1, -0.05) is 72.4 Å². The smallest absolute Gasteiger partial charge is 0.264 e. The number of likely N-dealkylation sites (tertiary alicyclic amines) is 1. The zero-order valence-electron chi connectivity index (χ0n) is 33.6. The van der Waals surface area contributed by atoms with Gasteiger partial charge in [-0.25, -0.2) is 0 Å². The number of carbonyl (C=O) groups is 3. The molecule has 0 aliphatic carbocycles. The largest absolute Gasteiger partial charge is 0.507 e. The van der Waals surface area contributed by atoms with Crippen molar-refractivity contribution in [3.8, 4) is 0 Å². The van der Waals surface area contributed by atoms with Gasteiger partial charge in [-0.15, -0.1) is 11.6 Å². The van der Waals surface area contributed by atoms with E-state index in [4.69, 9.17) is 62.1 Å².